The molecule has 0 saturated heterocycles. The number of pyridine rings is 1. The zero-order valence-electron chi connectivity index (χ0n) is 14.1. The minimum absolute atomic E-state index is 0.0611. The van der Waals surface area contributed by atoms with Crippen molar-refractivity contribution in [2.75, 3.05) is 16.5 Å². The van der Waals surface area contributed by atoms with Crippen LogP contribution in [-0.4, -0.2) is 42.6 Å². The molecule has 7 nitrogen and oxygen atoms in total. The first-order chi connectivity index (χ1) is 11.2. The first kappa shape index (κ1) is 16.5. The van der Waals surface area contributed by atoms with Crippen molar-refractivity contribution in [3.8, 4) is 0 Å². The van der Waals surface area contributed by atoms with Crippen molar-refractivity contribution in [3.05, 3.63) is 30.6 Å². The predicted molar refractivity (Wildman–Crippen MR) is 95.9 cm³/mol. The second-order valence-electron chi connectivity index (χ2n) is 6.78. The van der Waals surface area contributed by atoms with Gasteiger partial charge in [-0.25, -0.2) is 18.4 Å². The fourth-order valence-electron chi connectivity index (χ4n) is 2.75. The molecule has 1 unspecified atom stereocenters. The summed E-state index contributed by atoms with van der Waals surface area (Å²) >= 11 is 0. The summed E-state index contributed by atoms with van der Waals surface area (Å²) in [6.07, 6.45) is 6.20. The molecule has 0 amide bonds. The number of sulfone groups is 1. The highest BCUT2D eigenvalue weighted by molar-refractivity contribution is 7.90. The van der Waals surface area contributed by atoms with Gasteiger partial charge >= 0.3 is 0 Å². The summed E-state index contributed by atoms with van der Waals surface area (Å²) in [6, 6.07) is 5.21. The fraction of sp³-hybridized carbons (Fsp3) is 0.375. The van der Waals surface area contributed by atoms with Crippen LogP contribution in [0.4, 0.5) is 17.2 Å². The van der Waals surface area contributed by atoms with Crippen LogP contribution in [0.5, 0.6) is 0 Å². The van der Waals surface area contributed by atoms with Crippen molar-refractivity contribution >= 4 is 33.2 Å². The van der Waals surface area contributed by atoms with E-state index in [1.165, 1.54) is 12.3 Å². The molecule has 2 aromatic rings. The van der Waals surface area contributed by atoms with Crippen molar-refractivity contribution in [1.29, 1.82) is 0 Å². The molecule has 8 heteroatoms. The maximum Gasteiger partial charge on any atom is 0.192 e. The quantitative estimate of drug-likeness (QED) is 0.890. The Balaban J connectivity index is 1.89. The Kier molecular flexibility index (Phi) is 3.87. The normalized spacial score (nSPS) is 17.7. The van der Waals surface area contributed by atoms with Crippen molar-refractivity contribution in [3.63, 3.8) is 0 Å². The number of hydrogen-bond acceptors (Lipinski definition) is 6. The molecule has 0 fully saturated rings. The van der Waals surface area contributed by atoms with E-state index in [-0.39, 0.29) is 16.7 Å². The zero-order chi connectivity index (χ0) is 17.5. The molecule has 0 aliphatic carbocycles. The Morgan fingerprint density at radius 3 is 2.58 bits per heavy atom. The number of hydrogen-bond donors (Lipinski definition) is 2. The van der Waals surface area contributed by atoms with Crippen molar-refractivity contribution in [2.24, 2.45) is 4.99 Å². The SMILES string of the molecule is CC(C)(C)N1c2cc[nH]c2N=CC1Nc1ccc(S(C)(=O)=O)nc1. The molecule has 0 radical (unpaired) electrons. The lowest BCUT2D eigenvalue weighted by molar-refractivity contribution is 0.494. The van der Waals surface area contributed by atoms with Crippen LogP contribution in [-0.2, 0) is 9.84 Å². The molecule has 0 spiro atoms. The van der Waals surface area contributed by atoms with Gasteiger partial charge in [0.15, 0.2) is 20.7 Å². The standard InChI is InChI=1S/C16H21N5O2S/c1-16(2,3)21-12-7-8-17-15(12)19-10-13(21)20-11-5-6-14(18-9-11)24(4,22)23/h5-10,13,17,20H,1-4H3. The first-order valence-corrected chi connectivity index (χ1v) is 9.49. The molecule has 1 aliphatic heterocycles. The van der Waals surface area contributed by atoms with Crippen LogP contribution >= 0.6 is 0 Å². The average molecular weight is 347 g/mol. The maximum absolute atomic E-state index is 11.5. The van der Waals surface area contributed by atoms with Crippen LogP contribution in [0.1, 0.15) is 20.8 Å². The molecule has 0 bridgehead atoms. The van der Waals surface area contributed by atoms with Crippen LogP contribution in [0.25, 0.3) is 0 Å². The van der Waals surface area contributed by atoms with Gasteiger partial charge in [-0.05, 0) is 39.0 Å². The highest BCUT2D eigenvalue weighted by Gasteiger charge is 2.33. The molecule has 0 saturated carbocycles. The lowest BCUT2D eigenvalue weighted by Crippen LogP contribution is -2.53. The number of aliphatic imine (C=N–C) groups is 1. The van der Waals surface area contributed by atoms with Gasteiger partial charge in [0.25, 0.3) is 0 Å². The second kappa shape index (κ2) is 5.62. The number of aromatic amines is 1. The monoisotopic (exact) mass is 347 g/mol. The smallest absolute Gasteiger partial charge is 0.192 e. The molecule has 2 aromatic heterocycles. The Hall–Kier alpha value is -2.35. The van der Waals surface area contributed by atoms with E-state index in [9.17, 15) is 8.42 Å². The van der Waals surface area contributed by atoms with Crippen molar-refractivity contribution < 1.29 is 8.42 Å². The van der Waals surface area contributed by atoms with Gasteiger partial charge in [0.2, 0.25) is 0 Å². The third kappa shape index (κ3) is 3.14. The Labute approximate surface area is 141 Å². The van der Waals surface area contributed by atoms with Gasteiger partial charge in [0.05, 0.1) is 17.6 Å². The fourth-order valence-corrected chi connectivity index (χ4v) is 3.31. The van der Waals surface area contributed by atoms with Gasteiger partial charge in [-0.3, -0.25) is 0 Å². The molecule has 128 valence electrons. The second-order valence-corrected chi connectivity index (χ2v) is 8.74. The highest BCUT2D eigenvalue weighted by atomic mass is 32.2. The van der Waals surface area contributed by atoms with E-state index in [1.807, 2.05) is 18.5 Å². The maximum atomic E-state index is 11.5. The van der Waals surface area contributed by atoms with E-state index in [4.69, 9.17) is 0 Å². The third-order valence-electron chi connectivity index (χ3n) is 3.74. The van der Waals surface area contributed by atoms with Gasteiger partial charge in [-0.1, -0.05) is 0 Å². The molecule has 3 heterocycles. The van der Waals surface area contributed by atoms with Gasteiger partial charge in [0, 0.05) is 24.2 Å². The lowest BCUT2D eigenvalue weighted by Gasteiger charge is -2.43. The van der Waals surface area contributed by atoms with E-state index in [2.05, 4.69) is 45.9 Å². The number of H-pyrrole nitrogens is 1. The summed E-state index contributed by atoms with van der Waals surface area (Å²) in [7, 11) is -3.30. The average Bonchev–Trinajstić information content (AvgIpc) is 2.93. The Morgan fingerprint density at radius 1 is 1.25 bits per heavy atom. The number of aromatic nitrogens is 2. The summed E-state index contributed by atoms with van der Waals surface area (Å²) < 4.78 is 23.0. The number of anilines is 2. The summed E-state index contributed by atoms with van der Waals surface area (Å²) in [4.78, 5) is 13.8. The van der Waals surface area contributed by atoms with Crippen LogP contribution in [0.15, 0.2) is 40.6 Å². The Morgan fingerprint density at radius 2 is 2.00 bits per heavy atom. The number of nitrogens with zero attached hydrogens (tertiary/aromatic N) is 3. The van der Waals surface area contributed by atoms with Crippen LogP contribution in [0.2, 0.25) is 0 Å². The van der Waals surface area contributed by atoms with Gasteiger partial charge in [0.1, 0.15) is 6.17 Å². The molecule has 2 N–H and O–H groups in total. The lowest BCUT2D eigenvalue weighted by atomic mass is 10.0. The topological polar surface area (TPSA) is 90.5 Å². The molecular weight excluding hydrogens is 326 g/mol. The van der Waals surface area contributed by atoms with E-state index < -0.39 is 9.84 Å². The molecule has 24 heavy (non-hydrogen) atoms. The van der Waals surface area contributed by atoms with E-state index in [0.717, 1.165) is 23.4 Å². The largest absolute Gasteiger partial charge is 0.359 e. The summed E-state index contributed by atoms with van der Waals surface area (Å²) in [5, 5.41) is 3.41. The van der Waals surface area contributed by atoms with E-state index in [0.29, 0.717) is 0 Å². The van der Waals surface area contributed by atoms with E-state index >= 15 is 0 Å². The highest BCUT2D eigenvalue weighted by Crippen LogP contribution is 2.36. The minimum atomic E-state index is -3.30. The number of nitrogens with one attached hydrogen (secondary N) is 2. The van der Waals surface area contributed by atoms with Crippen LogP contribution in [0, 0.1) is 0 Å². The predicted octanol–water partition coefficient (Wildman–Crippen LogP) is 2.57. The number of rotatable bonds is 3. The van der Waals surface area contributed by atoms with Crippen LogP contribution < -0.4 is 10.2 Å². The molecule has 0 aromatic carbocycles. The third-order valence-corrected chi connectivity index (χ3v) is 4.74. The molecule has 3 rings (SSSR count). The first-order valence-electron chi connectivity index (χ1n) is 7.60. The zero-order valence-corrected chi connectivity index (χ0v) is 14.9. The molecule has 1 aliphatic rings. The van der Waals surface area contributed by atoms with Gasteiger partial charge in [-0.2, -0.15) is 0 Å². The molecule has 1 atom stereocenters. The summed E-state index contributed by atoms with van der Waals surface area (Å²) in [6.45, 7) is 6.38. The van der Waals surface area contributed by atoms with E-state index in [1.54, 1.807) is 6.07 Å². The Bertz CT molecular complexity index is 863. The minimum Gasteiger partial charge on any atom is -0.359 e. The summed E-state index contributed by atoms with van der Waals surface area (Å²) in [5.41, 5.74) is 1.61. The van der Waals surface area contributed by atoms with Gasteiger partial charge in [-0.15, -0.1) is 0 Å². The summed E-state index contributed by atoms with van der Waals surface area (Å²) in [5.74, 6) is 0.827. The van der Waals surface area contributed by atoms with Gasteiger partial charge < -0.3 is 15.2 Å². The van der Waals surface area contributed by atoms with Crippen molar-refractivity contribution in [1.82, 2.24) is 9.97 Å². The van der Waals surface area contributed by atoms with Crippen LogP contribution in [0.3, 0.4) is 0 Å². The number of fused-ring (bicyclic) bond motifs is 1. The van der Waals surface area contributed by atoms with Crippen molar-refractivity contribution in [2.45, 2.75) is 37.5 Å². The molecular formula is C16H21N5O2S.